The number of hydrogen-bond donors (Lipinski definition) is 1. The minimum atomic E-state index is -0.533. The van der Waals surface area contributed by atoms with Gasteiger partial charge in [0.15, 0.2) is 0 Å². The molecule has 0 aliphatic carbocycles. The Kier molecular flexibility index (Phi) is 3.25. The number of rotatable bonds is 3. The maximum atomic E-state index is 10.9. The Labute approximate surface area is 81.9 Å². The first kappa shape index (κ1) is 9.99. The number of primary amides is 1. The van der Waals surface area contributed by atoms with E-state index in [1.807, 2.05) is 6.92 Å². The predicted octanol–water partition coefficient (Wildman–Crippen LogP) is 1.87. The summed E-state index contributed by atoms with van der Waals surface area (Å²) < 4.78 is 0. The predicted molar refractivity (Wildman–Crippen MR) is 51.6 cm³/mol. The van der Waals surface area contributed by atoms with Crippen LogP contribution in [-0.4, -0.2) is 10.9 Å². The van der Waals surface area contributed by atoms with E-state index in [0.717, 1.165) is 6.42 Å². The van der Waals surface area contributed by atoms with Gasteiger partial charge in [0.25, 0.3) is 5.91 Å². The van der Waals surface area contributed by atoms with Crippen molar-refractivity contribution in [2.24, 2.45) is 5.73 Å². The van der Waals surface area contributed by atoms with Gasteiger partial charge in [0, 0.05) is 11.8 Å². The van der Waals surface area contributed by atoms with E-state index < -0.39 is 5.91 Å². The van der Waals surface area contributed by atoms with Crippen molar-refractivity contribution in [2.75, 3.05) is 0 Å². The third-order valence-corrected chi connectivity index (χ3v) is 2.31. The SMILES string of the molecule is CCC(Cl)c1cccnc1C(N)=O. The van der Waals surface area contributed by atoms with Crippen LogP contribution >= 0.6 is 11.6 Å². The molecule has 1 aromatic heterocycles. The lowest BCUT2D eigenvalue weighted by atomic mass is 10.1. The number of amides is 1. The third-order valence-electron chi connectivity index (χ3n) is 1.77. The molecule has 0 saturated carbocycles. The quantitative estimate of drug-likeness (QED) is 0.754. The highest BCUT2D eigenvalue weighted by molar-refractivity contribution is 6.21. The first-order valence-electron chi connectivity index (χ1n) is 4.05. The minimum Gasteiger partial charge on any atom is -0.364 e. The molecule has 1 atom stereocenters. The van der Waals surface area contributed by atoms with Gasteiger partial charge in [0.2, 0.25) is 0 Å². The van der Waals surface area contributed by atoms with Gasteiger partial charge in [-0.05, 0) is 12.5 Å². The van der Waals surface area contributed by atoms with Crippen molar-refractivity contribution in [1.29, 1.82) is 0 Å². The van der Waals surface area contributed by atoms with Crippen molar-refractivity contribution in [2.45, 2.75) is 18.7 Å². The van der Waals surface area contributed by atoms with Crippen molar-refractivity contribution in [3.63, 3.8) is 0 Å². The van der Waals surface area contributed by atoms with Crippen LogP contribution in [-0.2, 0) is 0 Å². The molecule has 0 aliphatic heterocycles. The molecule has 1 aromatic rings. The molecule has 0 aromatic carbocycles. The van der Waals surface area contributed by atoms with Gasteiger partial charge in [-0.25, -0.2) is 0 Å². The summed E-state index contributed by atoms with van der Waals surface area (Å²) in [4.78, 5) is 14.8. The highest BCUT2D eigenvalue weighted by Crippen LogP contribution is 2.25. The van der Waals surface area contributed by atoms with Crippen LogP contribution < -0.4 is 5.73 Å². The summed E-state index contributed by atoms with van der Waals surface area (Å²) in [7, 11) is 0. The van der Waals surface area contributed by atoms with Crippen LogP contribution in [0.5, 0.6) is 0 Å². The number of nitrogens with two attached hydrogens (primary N) is 1. The molecule has 0 radical (unpaired) electrons. The Morgan fingerprint density at radius 3 is 3.00 bits per heavy atom. The monoisotopic (exact) mass is 198 g/mol. The number of hydrogen-bond acceptors (Lipinski definition) is 2. The lowest BCUT2D eigenvalue weighted by Crippen LogP contribution is -2.16. The third kappa shape index (κ3) is 2.18. The van der Waals surface area contributed by atoms with Gasteiger partial charge in [0.1, 0.15) is 5.69 Å². The van der Waals surface area contributed by atoms with Crippen LogP contribution in [0.25, 0.3) is 0 Å². The number of aromatic nitrogens is 1. The van der Waals surface area contributed by atoms with Crippen LogP contribution in [0, 0.1) is 0 Å². The normalized spacial score (nSPS) is 12.5. The Balaban J connectivity index is 3.11. The van der Waals surface area contributed by atoms with Crippen LogP contribution in [0.2, 0.25) is 0 Å². The van der Waals surface area contributed by atoms with Gasteiger partial charge in [0.05, 0.1) is 5.38 Å². The highest BCUT2D eigenvalue weighted by atomic mass is 35.5. The Bertz CT molecular complexity index is 314. The van der Waals surface area contributed by atoms with Gasteiger partial charge in [-0.15, -0.1) is 11.6 Å². The van der Waals surface area contributed by atoms with Crippen molar-refractivity contribution >= 4 is 17.5 Å². The second kappa shape index (κ2) is 4.23. The summed E-state index contributed by atoms with van der Waals surface area (Å²) in [5.74, 6) is -0.533. The average Bonchev–Trinajstić information content (AvgIpc) is 2.16. The molecule has 0 spiro atoms. The molecule has 0 fully saturated rings. The fraction of sp³-hybridized carbons (Fsp3) is 0.333. The maximum absolute atomic E-state index is 10.9. The summed E-state index contributed by atoms with van der Waals surface area (Å²) in [6.07, 6.45) is 2.27. The molecule has 70 valence electrons. The summed E-state index contributed by atoms with van der Waals surface area (Å²) in [6, 6.07) is 3.51. The smallest absolute Gasteiger partial charge is 0.267 e. The Morgan fingerprint density at radius 1 is 1.77 bits per heavy atom. The number of carbonyl (C=O) groups excluding carboxylic acids is 1. The van der Waals surface area contributed by atoms with E-state index in [0.29, 0.717) is 5.56 Å². The first-order valence-corrected chi connectivity index (χ1v) is 4.49. The highest BCUT2D eigenvalue weighted by Gasteiger charge is 2.14. The van der Waals surface area contributed by atoms with E-state index in [9.17, 15) is 4.79 Å². The zero-order valence-electron chi connectivity index (χ0n) is 7.33. The standard InChI is InChI=1S/C9H11ClN2O/c1-2-7(10)6-4-3-5-12-8(6)9(11)13/h3-5,7H,2H2,1H3,(H2,11,13). The largest absolute Gasteiger partial charge is 0.364 e. The van der Waals surface area contributed by atoms with E-state index in [-0.39, 0.29) is 11.1 Å². The van der Waals surface area contributed by atoms with Gasteiger partial charge in [-0.2, -0.15) is 0 Å². The van der Waals surface area contributed by atoms with Crippen LogP contribution in [0.15, 0.2) is 18.3 Å². The molecule has 0 aliphatic rings. The summed E-state index contributed by atoms with van der Waals surface area (Å²) >= 11 is 5.99. The molecule has 0 bridgehead atoms. The second-order valence-corrected chi connectivity index (χ2v) is 3.21. The van der Waals surface area contributed by atoms with Crippen LogP contribution in [0.4, 0.5) is 0 Å². The number of halogens is 1. The number of nitrogens with zero attached hydrogens (tertiary/aromatic N) is 1. The Hall–Kier alpha value is -1.09. The number of alkyl halides is 1. The van der Waals surface area contributed by atoms with E-state index >= 15 is 0 Å². The fourth-order valence-corrected chi connectivity index (χ4v) is 1.27. The topological polar surface area (TPSA) is 56.0 Å². The van der Waals surface area contributed by atoms with Crippen molar-refractivity contribution in [3.05, 3.63) is 29.6 Å². The molecule has 1 heterocycles. The zero-order chi connectivity index (χ0) is 9.84. The van der Waals surface area contributed by atoms with Crippen molar-refractivity contribution in [3.8, 4) is 0 Å². The number of pyridine rings is 1. The van der Waals surface area contributed by atoms with E-state index in [2.05, 4.69) is 4.98 Å². The molecule has 1 rings (SSSR count). The summed E-state index contributed by atoms with van der Waals surface area (Å²) in [6.45, 7) is 1.94. The summed E-state index contributed by atoms with van der Waals surface area (Å²) in [5.41, 5.74) is 6.12. The fourth-order valence-electron chi connectivity index (χ4n) is 1.10. The van der Waals surface area contributed by atoms with E-state index in [1.165, 1.54) is 6.20 Å². The van der Waals surface area contributed by atoms with Gasteiger partial charge >= 0.3 is 0 Å². The molecular weight excluding hydrogens is 188 g/mol. The van der Waals surface area contributed by atoms with Gasteiger partial charge in [-0.3, -0.25) is 9.78 Å². The Morgan fingerprint density at radius 2 is 2.46 bits per heavy atom. The first-order chi connectivity index (χ1) is 6.16. The molecule has 3 nitrogen and oxygen atoms in total. The molecule has 1 unspecified atom stereocenters. The van der Waals surface area contributed by atoms with Gasteiger partial charge in [-0.1, -0.05) is 13.0 Å². The molecule has 0 saturated heterocycles. The van der Waals surface area contributed by atoms with Crippen molar-refractivity contribution in [1.82, 2.24) is 4.98 Å². The minimum absolute atomic E-state index is 0.198. The van der Waals surface area contributed by atoms with E-state index in [4.69, 9.17) is 17.3 Å². The van der Waals surface area contributed by atoms with Crippen LogP contribution in [0.1, 0.15) is 34.8 Å². The van der Waals surface area contributed by atoms with E-state index in [1.54, 1.807) is 12.1 Å². The van der Waals surface area contributed by atoms with Crippen molar-refractivity contribution < 1.29 is 4.79 Å². The second-order valence-electron chi connectivity index (χ2n) is 2.68. The maximum Gasteiger partial charge on any atom is 0.267 e. The molecular formula is C9H11ClN2O. The lowest BCUT2D eigenvalue weighted by Gasteiger charge is -2.08. The van der Waals surface area contributed by atoms with Crippen LogP contribution in [0.3, 0.4) is 0 Å². The van der Waals surface area contributed by atoms with Gasteiger partial charge < -0.3 is 5.73 Å². The zero-order valence-corrected chi connectivity index (χ0v) is 8.08. The molecule has 13 heavy (non-hydrogen) atoms. The lowest BCUT2D eigenvalue weighted by molar-refractivity contribution is 0.0994. The molecule has 4 heteroatoms. The molecule has 2 N–H and O–H groups in total. The summed E-state index contributed by atoms with van der Waals surface area (Å²) in [5, 5.41) is -0.198. The average molecular weight is 199 g/mol. The number of carbonyl (C=O) groups is 1. The molecule has 1 amide bonds.